The van der Waals surface area contributed by atoms with Crippen LogP contribution in [0, 0.1) is 0 Å². The van der Waals surface area contributed by atoms with Gasteiger partial charge in [0.1, 0.15) is 5.54 Å². The molecule has 0 aromatic heterocycles. The lowest BCUT2D eigenvalue weighted by Crippen LogP contribution is -2.58. The summed E-state index contributed by atoms with van der Waals surface area (Å²) in [7, 11) is 1.55. The van der Waals surface area contributed by atoms with E-state index in [-0.39, 0.29) is 4.95 Å². The molecule has 1 unspecified atom stereocenters. The van der Waals surface area contributed by atoms with Crippen molar-refractivity contribution in [1.29, 1.82) is 0 Å². The second-order valence-corrected chi connectivity index (χ2v) is 4.82. The first-order chi connectivity index (χ1) is 6.90. The largest absolute Gasteiger partial charge is 0.480 e. The standard InChI is InChI=1S/C9H18BrNO4/c1-7(10)11(4-5-15-3)9(2,6-12)8(13)14/h7,12H,4-6H2,1-3H3,(H,13,14)/t7?,9-/m1/s1. The molecular formula is C9H18BrNO4. The summed E-state index contributed by atoms with van der Waals surface area (Å²) >= 11 is 3.31. The minimum atomic E-state index is -1.29. The molecule has 0 spiro atoms. The Hall–Kier alpha value is -0.170. The number of hydrogen-bond acceptors (Lipinski definition) is 4. The molecule has 0 radical (unpaired) electrons. The van der Waals surface area contributed by atoms with Crippen LogP contribution in [0.4, 0.5) is 0 Å². The van der Waals surface area contributed by atoms with E-state index < -0.39 is 18.1 Å². The number of rotatable bonds is 7. The summed E-state index contributed by atoms with van der Waals surface area (Å²) in [5.41, 5.74) is -1.29. The van der Waals surface area contributed by atoms with E-state index in [0.29, 0.717) is 13.2 Å². The molecule has 2 N–H and O–H groups in total. The number of alkyl halides is 1. The maximum atomic E-state index is 11.1. The molecule has 0 rings (SSSR count). The highest BCUT2D eigenvalue weighted by Crippen LogP contribution is 2.21. The lowest BCUT2D eigenvalue weighted by Gasteiger charge is -2.38. The van der Waals surface area contributed by atoms with Gasteiger partial charge in [-0.05, 0) is 13.8 Å². The minimum absolute atomic E-state index is 0.152. The topological polar surface area (TPSA) is 70.0 Å². The third kappa shape index (κ3) is 3.71. The molecule has 6 heteroatoms. The van der Waals surface area contributed by atoms with Crippen molar-refractivity contribution in [1.82, 2.24) is 4.90 Å². The van der Waals surface area contributed by atoms with Crippen LogP contribution in [0.15, 0.2) is 0 Å². The second-order valence-electron chi connectivity index (χ2n) is 3.50. The Balaban J connectivity index is 4.77. The third-order valence-corrected chi connectivity index (χ3v) is 2.86. The van der Waals surface area contributed by atoms with Gasteiger partial charge in [-0.25, -0.2) is 0 Å². The number of carbonyl (C=O) groups is 1. The number of carboxylic acids is 1. The molecule has 15 heavy (non-hydrogen) atoms. The summed E-state index contributed by atoms with van der Waals surface area (Å²) < 4.78 is 4.90. The summed E-state index contributed by atoms with van der Waals surface area (Å²) in [6.07, 6.45) is 0. The van der Waals surface area contributed by atoms with E-state index in [0.717, 1.165) is 0 Å². The summed E-state index contributed by atoms with van der Waals surface area (Å²) in [4.78, 5) is 12.6. The SMILES string of the molecule is COCCN(C(C)Br)[C@](C)(CO)C(=O)O. The lowest BCUT2D eigenvalue weighted by atomic mass is 10.0. The van der Waals surface area contributed by atoms with Crippen LogP contribution in [0.1, 0.15) is 13.8 Å². The predicted octanol–water partition coefficient (Wildman–Crippen LogP) is 0.511. The number of nitrogens with zero attached hydrogens (tertiary/aromatic N) is 1. The molecule has 0 aliphatic carbocycles. The molecule has 0 amide bonds. The van der Waals surface area contributed by atoms with Gasteiger partial charge in [0.2, 0.25) is 0 Å². The molecule has 0 heterocycles. The van der Waals surface area contributed by atoms with Crippen LogP contribution in [0.5, 0.6) is 0 Å². The zero-order chi connectivity index (χ0) is 12.1. The van der Waals surface area contributed by atoms with Crippen LogP contribution >= 0.6 is 15.9 Å². The van der Waals surface area contributed by atoms with Crippen LogP contribution in [0.2, 0.25) is 0 Å². The van der Waals surface area contributed by atoms with Crippen molar-refractivity contribution in [2.75, 3.05) is 26.9 Å². The molecule has 90 valence electrons. The zero-order valence-electron chi connectivity index (χ0n) is 9.23. The lowest BCUT2D eigenvalue weighted by molar-refractivity contribution is -0.154. The summed E-state index contributed by atoms with van der Waals surface area (Å²) in [6, 6.07) is 0. The first kappa shape index (κ1) is 14.8. The molecule has 0 bridgehead atoms. The molecule has 0 fully saturated rings. The fourth-order valence-electron chi connectivity index (χ4n) is 1.29. The molecule has 0 aliphatic heterocycles. The fourth-order valence-corrected chi connectivity index (χ4v) is 1.94. The van der Waals surface area contributed by atoms with Gasteiger partial charge >= 0.3 is 5.97 Å². The molecular weight excluding hydrogens is 266 g/mol. The van der Waals surface area contributed by atoms with Crippen molar-refractivity contribution < 1.29 is 19.7 Å². The van der Waals surface area contributed by atoms with E-state index in [1.165, 1.54) is 6.92 Å². The van der Waals surface area contributed by atoms with Gasteiger partial charge in [-0.3, -0.25) is 9.69 Å². The van der Waals surface area contributed by atoms with Crippen molar-refractivity contribution >= 4 is 21.9 Å². The van der Waals surface area contributed by atoms with Crippen molar-refractivity contribution in [3.05, 3.63) is 0 Å². The number of halogens is 1. The van der Waals surface area contributed by atoms with Crippen molar-refractivity contribution in [3.8, 4) is 0 Å². The van der Waals surface area contributed by atoms with Gasteiger partial charge in [0.05, 0.1) is 18.2 Å². The van der Waals surface area contributed by atoms with Gasteiger partial charge in [-0.15, -0.1) is 0 Å². The van der Waals surface area contributed by atoms with E-state index in [2.05, 4.69) is 15.9 Å². The quantitative estimate of drug-likeness (QED) is 0.526. The average molecular weight is 284 g/mol. The predicted molar refractivity (Wildman–Crippen MR) is 60.1 cm³/mol. The maximum Gasteiger partial charge on any atom is 0.326 e. The molecule has 0 aliphatic rings. The molecule has 0 aromatic rings. The summed E-state index contributed by atoms with van der Waals surface area (Å²) in [5, 5.41) is 18.3. The Bertz CT molecular complexity index is 212. The number of aliphatic hydroxyl groups excluding tert-OH is 1. The van der Waals surface area contributed by atoms with E-state index in [4.69, 9.17) is 9.84 Å². The van der Waals surface area contributed by atoms with E-state index in [1.807, 2.05) is 6.92 Å². The second kappa shape index (κ2) is 6.42. The van der Waals surface area contributed by atoms with Gasteiger partial charge in [-0.1, -0.05) is 15.9 Å². The number of hydrogen-bond donors (Lipinski definition) is 2. The van der Waals surface area contributed by atoms with E-state index >= 15 is 0 Å². The van der Waals surface area contributed by atoms with Crippen molar-refractivity contribution in [3.63, 3.8) is 0 Å². The minimum Gasteiger partial charge on any atom is -0.480 e. The van der Waals surface area contributed by atoms with E-state index in [1.54, 1.807) is 12.0 Å². The van der Waals surface area contributed by atoms with Crippen LogP contribution in [-0.4, -0.2) is 58.4 Å². The van der Waals surface area contributed by atoms with Gasteiger partial charge in [0.15, 0.2) is 0 Å². The van der Waals surface area contributed by atoms with Crippen molar-refractivity contribution in [2.24, 2.45) is 0 Å². The summed E-state index contributed by atoms with van der Waals surface area (Å²) in [5.74, 6) is -1.05. The first-order valence-corrected chi connectivity index (χ1v) is 5.55. The third-order valence-electron chi connectivity index (χ3n) is 2.37. The Morgan fingerprint density at radius 2 is 2.20 bits per heavy atom. The van der Waals surface area contributed by atoms with Crippen molar-refractivity contribution in [2.45, 2.75) is 24.3 Å². The Morgan fingerprint density at radius 3 is 2.47 bits per heavy atom. The number of aliphatic hydroxyl groups is 1. The molecule has 0 saturated heterocycles. The number of ether oxygens (including phenoxy) is 1. The number of carboxylic acid groups (broad SMARTS) is 1. The van der Waals surface area contributed by atoms with E-state index in [9.17, 15) is 9.90 Å². The Kier molecular flexibility index (Phi) is 6.35. The number of aliphatic carboxylic acids is 1. The smallest absolute Gasteiger partial charge is 0.326 e. The normalized spacial score (nSPS) is 17.5. The Labute approximate surface area is 98.1 Å². The fraction of sp³-hybridized carbons (Fsp3) is 0.889. The first-order valence-electron chi connectivity index (χ1n) is 4.64. The highest BCUT2D eigenvalue weighted by molar-refractivity contribution is 9.09. The zero-order valence-corrected chi connectivity index (χ0v) is 10.8. The highest BCUT2D eigenvalue weighted by atomic mass is 79.9. The molecule has 2 atom stereocenters. The molecule has 0 aromatic carbocycles. The highest BCUT2D eigenvalue weighted by Gasteiger charge is 2.40. The van der Waals surface area contributed by atoms with Crippen LogP contribution in [0.25, 0.3) is 0 Å². The Morgan fingerprint density at radius 1 is 1.67 bits per heavy atom. The van der Waals surface area contributed by atoms with Gasteiger partial charge in [-0.2, -0.15) is 0 Å². The average Bonchev–Trinajstić information content (AvgIpc) is 2.17. The maximum absolute atomic E-state index is 11.1. The monoisotopic (exact) mass is 283 g/mol. The molecule has 0 saturated carbocycles. The van der Waals surface area contributed by atoms with Gasteiger partial charge in [0, 0.05) is 13.7 Å². The van der Waals surface area contributed by atoms with Crippen LogP contribution < -0.4 is 0 Å². The molecule has 5 nitrogen and oxygen atoms in total. The number of methoxy groups -OCH3 is 1. The van der Waals surface area contributed by atoms with Gasteiger partial charge in [0.25, 0.3) is 0 Å². The van der Waals surface area contributed by atoms with Crippen LogP contribution in [-0.2, 0) is 9.53 Å². The summed E-state index contributed by atoms with van der Waals surface area (Å²) in [6.45, 7) is 3.71. The van der Waals surface area contributed by atoms with Crippen LogP contribution in [0.3, 0.4) is 0 Å². The van der Waals surface area contributed by atoms with Gasteiger partial charge < -0.3 is 14.9 Å².